The van der Waals surface area contributed by atoms with Crippen LogP contribution in [0.5, 0.6) is 0 Å². The Morgan fingerprint density at radius 2 is 2.21 bits per heavy atom. The van der Waals surface area contributed by atoms with Gasteiger partial charge in [0.2, 0.25) is 0 Å². The Hall–Kier alpha value is -0.360. The van der Waals surface area contributed by atoms with Crippen LogP contribution in [0.15, 0.2) is 22.8 Å². The summed E-state index contributed by atoms with van der Waals surface area (Å²) in [5, 5.41) is 6.31. The van der Waals surface area contributed by atoms with E-state index in [0.29, 0.717) is 11.6 Å². The number of nitrogens with one attached hydrogen (secondary N) is 2. The summed E-state index contributed by atoms with van der Waals surface area (Å²) in [6.45, 7) is 4.04. The summed E-state index contributed by atoms with van der Waals surface area (Å²) in [5.41, 5.74) is 0.464. The smallest absolute Gasteiger partial charge is 0.270 e. The van der Waals surface area contributed by atoms with Crippen molar-refractivity contribution in [1.29, 1.82) is 0 Å². The predicted octanol–water partition coefficient (Wildman–Crippen LogP) is 2.42. The van der Waals surface area contributed by atoms with E-state index in [-0.39, 0.29) is 36.8 Å². The highest BCUT2D eigenvalue weighted by molar-refractivity contribution is 9.10. The molecule has 2 rings (SSSR count). The lowest BCUT2D eigenvalue weighted by Gasteiger charge is -2.30. The van der Waals surface area contributed by atoms with Gasteiger partial charge >= 0.3 is 0 Å². The third-order valence-electron chi connectivity index (χ3n) is 3.10. The summed E-state index contributed by atoms with van der Waals surface area (Å²) < 4.78 is 0.877. The van der Waals surface area contributed by atoms with Gasteiger partial charge in [-0.1, -0.05) is 6.92 Å². The Bertz CT molecular complexity index is 402. The van der Waals surface area contributed by atoms with Crippen LogP contribution in [-0.4, -0.2) is 30.0 Å². The van der Waals surface area contributed by atoms with Crippen molar-refractivity contribution in [3.8, 4) is 0 Å². The van der Waals surface area contributed by atoms with Crippen LogP contribution in [0, 0.1) is 5.92 Å². The molecule has 0 aromatic carbocycles. The number of piperidine rings is 1. The molecule has 0 spiro atoms. The first-order valence-electron chi connectivity index (χ1n) is 5.80. The Kier molecular flexibility index (Phi) is 8.57. The highest BCUT2D eigenvalue weighted by Crippen LogP contribution is 2.12. The van der Waals surface area contributed by atoms with Gasteiger partial charge in [-0.2, -0.15) is 0 Å². The molecule has 2 heterocycles. The third kappa shape index (κ3) is 5.26. The third-order valence-corrected chi connectivity index (χ3v) is 3.57. The molecule has 1 saturated heterocycles. The zero-order valence-electron chi connectivity index (χ0n) is 10.6. The largest absolute Gasteiger partial charge is 0.346 e. The van der Waals surface area contributed by atoms with Crippen LogP contribution >= 0.6 is 40.7 Å². The molecule has 0 aliphatic carbocycles. The standard InChI is InChI=1S/C12H16BrN3O.2ClH/c1-8-4-5-14-7-11(8)16-12(17)10-3-2-9(13)6-15-10;;/h2-3,6,8,11,14H,4-5,7H2,1H3,(H,16,17);2*1H. The van der Waals surface area contributed by atoms with E-state index in [4.69, 9.17) is 0 Å². The monoisotopic (exact) mass is 369 g/mol. The van der Waals surface area contributed by atoms with E-state index >= 15 is 0 Å². The quantitative estimate of drug-likeness (QED) is 0.840. The molecule has 1 aromatic heterocycles. The molecule has 1 aromatic rings. The lowest BCUT2D eigenvalue weighted by atomic mass is 9.95. The molecular formula is C12H18BrCl2N3O. The fraction of sp³-hybridized carbons (Fsp3) is 0.500. The van der Waals surface area contributed by atoms with Crippen molar-refractivity contribution in [1.82, 2.24) is 15.6 Å². The van der Waals surface area contributed by atoms with Crippen molar-refractivity contribution in [2.24, 2.45) is 5.92 Å². The van der Waals surface area contributed by atoms with Crippen molar-refractivity contribution < 1.29 is 4.79 Å². The number of aromatic nitrogens is 1. The van der Waals surface area contributed by atoms with Gasteiger partial charge in [0.05, 0.1) is 0 Å². The molecule has 1 aliphatic rings. The Morgan fingerprint density at radius 1 is 1.47 bits per heavy atom. The highest BCUT2D eigenvalue weighted by atomic mass is 79.9. The van der Waals surface area contributed by atoms with Crippen LogP contribution in [0.3, 0.4) is 0 Å². The molecule has 2 unspecified atom stereocenters. The second kappa shape index (κ2) is 8.74. The van der Waals surface area contributed by atoms with E-state index in [1.807, 2.05) is 6.07 Å². The van der Waals surface area contributed by atoms with Crippen molar-refractivity contribution in [3.63, 3.8) is 0 Å². The van der Waals surface area contributed by atoms with Gasteiger partial charge in [0.1, 0.15) is 5.69 Å². The number of carbonyl (C=O) groups is 1. The molecule has 1 fully saturated rings. The van der Waals surface area contributed by atoms with E-state index in [9.17, 15) is 4.79 Å². The fourth-order valence-corrected chi connectivity index (χ4v) is 2.17. The number of rotatable bonds is 2. The molecule has 1 amide bonds. The van der Waals surface area contributed by atoms with Crippen LogP contribution in [0.25, 0.3) is 0 Å². The number of amides is 1. The minimum absolute atomic E-state index is 0. The molecule has 19 heavy (non-hydrogen) atoms. The van der Waals surface area contributed by atoms with Crippen molar-refractivity contribution in [3.05, 3.63) is 28.5 Å². The normalized spacial score (nSPS) is 21.8. The van der Waals surface area contributed by atoms with Gasteiger partial charge in [0.15, 0.2) is 0 Å². The fourth-order valence-electron chi connectivity index (χ4n) is 1.94. The van der Waals surface area contributed by atoms with Crippen molar-refractivity contribution in [2.45, 2.75) is 19.4 Å². The lowest BCUT2D eigenvalue weighted by Crippen LogP contribution is -2.50. The first kappa shape index (κ1) is 18.6. The number of hydrogen-bond acceptors (Lipinski definition) is 3. The van der Waals surface area contributed by atoms with E-state index in [0.717, 1.165) is 24.0 Å². The van der Waals surface area contributed by atoms with E-state index < -0.39 is 0 Å². The molecule has 2 atom stereocenters. The second-order valence-electron chi connectivity index (χ2n) is 4.41. The number of nitrogens with zero attached hydrogens (tertiary/aromatic N) is 1. The van der Waals surface area contributed by atoms with Crippen molar-refractivity contribution in [2.75, 3.05) is 13.1 Å². The maximum Gasteiger partial charge on any atom is 0.270 e. The van der Waals surface area contributed by atoms with Gasteiger partial charge < -0.3 is 10.6 Å². The molecule has 7 heteroatoms. The van der Waals surface area contributed by atoms with Gasteiger partial charge in [-0.3, -0.25) is 4.79 Å². The Labute approximate surface area is 134 Å². The van der Waals surface area contributed by atoms with Gasteiger partial charge in [-0.05, 0) is 46.9 Å². The molecule has 2 N–H and O–H groups in total. The van der Waals surface area contributed by atoms with E-state index in [2.05, 4.69) is 38.5 Å². The summed E-state index contributed by atoms with van der Waals surface area (Å²) in [7, 11) is 0. The van der Waals surface area contributed by atoms with E-state index in [1.54, 1.807) is 12.3 Å². The first-order valence-corrected chi connectivity index (χ1v) is 6.59. The second-order valence-corrected chi connectivity index (χ2v) is 5.33. The van der Waals surface area contributed by atoms with Crippen LogP contribution < -0.4 is 10.6 Å². The lowest BCUT2D eigenvalue weighted by molar-refractivity contribution is 0.0910. The average molecular weight is 371 g/mol. The molecule has 1 aliphatic heterocycles. The Morgan fingerprint density at radius 3 is 2.79 bits per heavy atom. The molecule has 0 bridgehead atoms. The molecule has 108 valence electrons. The van der Waals surface area contributed by atoms with E-state index in [1.165, 1.54) is 0 Å². The zero-order valence-corrected chi connectivity index (χ0v) is 13.8. The highest BCUT2D eigenvalue weighted by Gasteiger charge is 2.23. The number of pyridine rings is 1. The Balaban J connectivity index is 0.00000162. The zero-order chi connectivity index (χ0) is 12.3. The molecule has 0 saturated carbocycles. The number of hydrogen-bond donors (Lipinski definition) is 2. The first-order chi connectivity index (χ1) is 8.16. The van der Waals surface area contributed by atoms with Gasteiger partial charge in [0.25, 0.3) is 5.91 Å². The molecular weight excluding hydrogens is 353 g/mol. The van der Waals surface area contributed by atoms with Crippen molar-refractivity contribution >= 4 is 46.7 Å². The summed E-state index contributed by atoms with van der Waals surface area (Å²) >= 11 is 3.30. The SMILES string of the molecule is CC1CCNCC1NC(=O)c1ccc(Br)cn1.Cl.Cl. The summed E-state index contributed by atoms with van der Waals surface area (Å²) in [4.78, 5) is 16.0. The summed E-state index contributed by atoms with van der Waals surface area (Å²) in [6, 6.07) is 3.74. The van der Waals surface area contributed by atoms with Crippen LogP contribution in [0.4, 0.5) is 0 Å². The minimum Gasteiger partial charge on any atom is -0.346 e. The maximum absolute atomic E-state index is 12.0. The van der Waals surface area contributed by atoms with Gasteiger partial charge in [-0.15, -0.1) is 24.8 Å². The topological polar surface area (TPSA) is 54.0 Å². The molecule has 0 radical (unpaired) electrons. The number of halogens is 3. The molecule has 4 nitrogen and oxygen atoms in total. The van der Waals surface area contributed by atoms with Gasteiger partial charge in [0, 0.05) is 23.3 Å². The number of carbonyl (C=O) groups excluding carboxylic acids is 1. The van der Waals surface area contributed by atoms with Crippen LogP contribution in [0.2, 0.25) is 0 Å². The minimum atomic E-state index is -0.0990. The summed E-state index contributed by atoms with van der Waals surface area (Å²) in [5.74, 6) is 0.411. The predicted molar refractivity (Wildman–Crippen MR) is 84.3 cm³/mol. The maximum atomic E-state index is 12.0. The van der Waals surface area contributed by atoms with Crippen LogP contribution in [-0.2, 0) is 0 Å². The summed E-state index contributed by atoms with van der Waals surface area (Å²) in [6.07, 6.45) is 2.73. The van der Waals surface area contributed by atoms with Crippen LogP contribution in [0.1, 0.15) is 23.8 Å². The van der Waals surface area contributed by atoms with Gasteiger partial charge in [-0.25, -0.2) is 4.98 Å². The average Bonchev–Trinajstić information content (AvgIpc) is 2.33.